The van der Waals surface area contributed by atoms with Crippen LogP contribution >= 0.6 is 0 Å². The van der Waals surface area contributed by atoms with Crippen molar-refractivity contribution in [2.24, 2.45) is 5.92 Å². The van der Waals surface area contributed by atoms with E-state index < -0.39 is 5.97 Å². The Morgan fingerprint density at radius 3 is 2.69 bits per heavy atom. The number of rotatable bonds is 7. The number of carbonyl (C=O) groups is 2. The van der Waals surface area contributed by atoms with E-state index in [4.69, 9.17) is 4.74 Å². The zero-order valence-corrected chi connectivity index (χ0v) is 16.1. The summed E-state index contributed by atoms with van der Waals surface area (Å²) < 4.78 is 7.47. The topological polar surface area (TPSA) is 118 Å². The maximum absolute atomic E-state index is 12.0. The van der Waals surface area contributed by atoms with Crippen LogP contribution in [-0.4, -0.2) is 38.5 Å². The number of hydrogen-bond acceptors (Lipinski definition) is 6. The van der Waals surface area contributed by atoms with Crippen LogP contribution in [0, 0.1) is 5.92 Å². The number of ether oxygens (including phenoxy) is 1. The van der Waals surface area contributed by atoms with Gasteiger partial charge in [0.15, 0.2) is 0 Å². The zero-order valence-electron chi connectivity index (χ0n) is 16.1. The van der Waals surface area contributed by atoms with Crippen LogP contribution in [0.1, 0.15) is 35.9 Å². The predicted octanol–water partition coefficient (Wildman–Crippen LogP) is 3.09. The van der Waals surface area contributed by atoms with Gasteiger partial charge in [-0.2, -0.15) is 0 Å². The Morgan fingerprint density at radius 2 is 2.03 bits per heavy atom. The number of aromatic nitrogens is 3. The number of carboxylic acids is 1. The highest BCUT2D eigenvalue weighted by Crippen LogP contribution is 2.33. The number of imidazole rings is 1. The standard InChI is InChI=1S/C20H21N5O4/c1-3-17-22-9-12-6-7-14(19(29-2)25(12)17)23-15-8-16(21-10-13(15)20(27)28)24-18(26)11-4-5-11/h6-11H,3-5H2,1-2H3,(H,27,28)(H2,21,23,24,26). The monoisotopic (exact) mass is 395 g/mol. The van der Waals surface area contributed by atoms with Crippen LogP contribution in [-0.2, 0) is 11.2 Å². The molecule has 0 saturated heterocycles. The van der Waals surface area contributed by atoms with Crippen LogP contribution in [0.15, 0.2) is 30.6 Å². The van der Waals surface area contributed by atoms with Crippen LogP contribution in [0.3, 0.4) is 0 Å². The molecule has 3 aromatic heterocycles. The van der Waals surface area contributed by atoms with E-state index in [1.54, 1.807) is 19.4 Å². The number of nitrogens with one attached hydrogen (secondary N) is 2. The van der Waals surface area contributed by atoms with Gasteiger partial charge in [0.1, 0.15) is 22.9 Å². The first kappa shape index (κ1) is 18.7. The number of anilines is 3. The van der Waals surface area contributed by atoms with E-state index in [1.165, 1.54) is 12.3 Å². The van der Waals surface area contributed by atoms with Gasteiger partial charge in [-0.3, -0.25) is 9.20 Å². The highest BCUT2D eigenvalue weighted by Gasteiger charge is 2.30. The van der Waals surface area contributed by atoms with Crippen molar-refractivity contribution >= 4 is 34.6 Å². The Kier molecular flexibility index (Phi) is 4.79. The molecule has 0 aliphatic heterocycles. The van der Waals surface area contributed by atoms with Gasteiger partial charge in [-0.1, -0.05) is 6.92 Å². The number of pyridine rings is 2. The molecule has 0 unspecified atom stereocenters. The van der Waals surface area contributed by atoms with Gasteiger partial charge in [-0.25, -0.2) is 14.8 Å². The zero-order chi connectivity index (χ0) is 20.5. The summed E-state index contributed by atoms with van der Waals surface area (Å²) in [5, 5.41) is 15.4. The minimum atomic E-state index is -1.13. The van der Waals surface area contributed by atoms with Gasteiger partial charge >= 0.3 is 5.97 Å². The number of carbonyl (C=O) groups excluding carboxylic acids is 1. The summed E-state index contributed by atoms with van der Waals surface area (Å²) in [6.07, 6.45) is 5.43. The summed E-state index contributed by atoms with van der Waals surface area (Å²) in [7, 11) is 1.55. The van der Waals surface area contributed by atoms with Gasteiger partial charge in [-0.05, 0) is 25.0 Å². The second kappa shape index (κ2) is 7.42. The van der Waals surface area contributed by atoms with E-state index in [0.29, 0.717) is 29.5 Å². The first-order valence-corrected chi connectivity index (χ1v) is 9.36. The second-order valence-electron chi connectivity index (χ2n) is 6.85. The van der Waals surface area contributed by atoms with Gasteiger partial charge in [0.25, 0.3) is 0 Å². The molecule has 1 amide bonds. The highest BCUT2D eigenvalue weighted by molar-refractivity contribution is 5.98. The van der Waals surface area contributed by atoms with Crippen molar-refractivity contribution in [2.45, 2.75) is 26.2 Å². The lowest BCUT2D eigenvalue weighted by Crippen LogP contribution is -2.15. The largest absolute Gasteiger partial charge is 0.480 e. The van der Waals surface area contributed by atoms with Crippen molar-refractivity contribution in [3.63, 3.8) is 0 Å². The molecular formula is C20H21N5O4. The molecule has 1 aliphatic carbocycles. The lowest BCUT2D eigenvalue weighted by molar-refractivity contribution is -0.117. The Hall–Kier alpha value is -3.62. The number of nitrogens with zero attached hydrogens (tertiary/aromatic N) is 3. The van der Waals surface area contributed by atoms with Gasteiger partial charge in [-0.15, -0.1) is 0 Å². The molecule has 0 aromatic carbocycles. The third-order valence-electron chi connectivity index (χ3n) is 4.83. The quantitative estimate of drug-likeness (QED) is 0.562. The summed E-state index contributed by atoms with van der Waals surface area (Å²) >= 11 is 0. The summed E-state index contributed by atoms with van der Waals surface area (Å²) in [5.41, 5.74) is 1.73. The van der Waals surface area contributed by atoms with Crippen molar-refractivity contribution in [3.05, 3.63) is 42.0 Å². The molecule has 3 aromatic rings. The van der Waals surface area contributed by atoms with Crippen LogP contribution in [0.25, 0.3) is 5.52 Å². The number of aromatic carboxylic acids is 1. The summed E-state index contributed by atoms with van der Waals surface area (Å²) in [6.45, 7) is 1.99. The van der Waals surface area contributed by atoms with Gasteiger partial charge in [0, 0.05) is 24.6 Å². The van der Waals surface area contributed by atoms with E-state index in [1.807, 2.05) is 17.4 Å². The smallest absolute Gasteiger partial charge is 0.339 e. The molecular weight excluding hydrogens is 374 g/mol. The first-order valence-electron chi connectivity index (χ1n) is 9.36. The van der Waals surface area contributed by atoms with Gasteiger partial charge < -0.3 is 20.5 Å². The molecule has 3 N–H and O–H groups in total. The average Bonchev–Trinajstić information content (AvgIpc) is 3.48. The maximum atomic E-state index is 12.0. The Labute approximate surface area is 166 Å². The van der Waals surface area contributed by atoms with Crippen LogP contribution in [0.2, 0.25) is 0 Å². The molecule has 0 radical (unpaired) electrons. The molecule has 0 atom stereocenters. The van der Waals surface area contributed by atoms with Crippen molar-refractivity contribution < 1.29 is 19.4 Å². The van der Waals surface area contributed by atoms with Crippen LogP contribution < -0.4 is 15.4 Å². The molecule has 1 fully saturated rings. The van der Waals surface area contributed by atoms with E-state index >= 15 is 0 Å². The summed E-state index contributed by atoms with van der Waals surface area (Å²) in [5.74, 6) is 0.419. The molecule has 0 bridgehead atoms. The SMILES string of the molecule is CCc1ncc2ccc(Nc3cc(NC(=O)C4CC4)ncc3C(=O)O)c(OC)n12. The van der Waals surface area contributed by atoms with E-state index in [2.05, 4.69) is 20.6 Å². The molecule has 1 saturated carbocycles. The Morgan fingerprint density at radius 1 is 1.24 bits per heavy atom. The lowest BCUT2D eigenvalue weighted by atomic mass is 10.2. The van der Waals surface area contributed by atoms with Crippen LogP contribution in [0.4, 0.5) is 17.2 Å². The number of fused-ring (bicyclic) bond motifs is 1. The lowest BCUT2D eigenvalue weighted by Gasteiger charge is -2.16. The van der Waals surface area contributed by atoms with E-state index in [0.717, 1.165) is 24.2 Å². The molecule has 9 nitrogen and oxygen atoms in total. The third kappa shape index (κ3) is 3.58. The van der Waals surface area contributed by atoms with Gasteiger partial charge in [0.2, 0.25) is 11.8 Å². The van der Waals surface area contributed by atoms with Crippen molar-refractivity contribution in [3.8, 4) is 5.88 Å². The van der Waals surface area contributed by atoms with E-state index in [-0.39, 0.29) is 17.4 Å². The van der Waals surface area contributed by atoms with Crippen molar-refractivity contribution in [1.29, 1.82) is 0 Å². The fourth-order valence-corrected chi connectivity index (χ4v) is 3.18. The number of aryl methyl sites for hydroxylation is 1. The highest BCUT2D eigenvalue weighted by atomic mass is 16.5. The molecule has 9 heteroatoms. The normalized spacial score (nSPS) is 13.3. The number of hydrogen-bond donors (Lipinski definition) is 3. The molecule has 0 spiro atoms. The number of carboxylic acid groups (broad SMARTS) is 1. The third-order valence-corrected chi connectivity index (χ3v) is 4.83. The second-order valence-corrected chi connectivity index (χ2v) is 6.85. The summed E-state index contributed by atoms with van der Waals surface area (Å²) in [4.78, 5) is 32.2. The summed E-state index contributed by atoms with van der Waals surface area (Å²) in [6, 6.07) is 5.18. The molecule has 1 aliphatic rings. The average molecular weight is 395 g/mol. The fraction of sp³-hybridized carbons (Fsp3) is 0.300. The van der Waals surface area contributed by atoms with Gasteiger partial charge in [0.05, 0.1) is 24.5 Å². The minimum Gasteiger partial charge on any atom is -0.480 e. The number of methoxy groups -OCH3 is 1. The Balaban J connectivity index is 1.74. The molecule has 150 valence electrons. The fourth-order valence-electron chi connectivity index (χ4n) is 3.18. The van der Waals surface area contributed by atoms with Crippen molar-refractivity contribution in [1.82, 2.24) is 14.4 Å². The van der Waals surface area contributed by atoms with Crippen molar-refractivity contribution in [2.75, 3.05) is 17.7 Å². The maximum Gasteiger partial charge on any atom is 0.339 e. The molecule has 3 heterocycles. The first-order chi connectivity index (χ1) is 14.0. The molecule has 29 heavy (non-hydrogen) atoms. The number of amides is 1. The Bertz CT molecular complexity index is 1100. The molecule has 4 rings (SSSR count). The van der Waals surface area contributed by atoms with Crippen LogP contribution in [0.5, 0.6) is 5.88 Å². The predicted molar refractivity (Wildman–Crippen MR) is 107 cm³/mol. The van der Waals surface area contributed by atoms with E-state index in [9.17, 15) is 14.7 Å². The minimum absolute atomic E-state index is 0.0158.